The third-order valence-electron chi connectivity index (χ3n) is 4.20. The van der Waals surface area contributed by atoms with Crippen molar-refractivity contribution in [3.63, 3.8) is 0 Å². The van der Waals surface area contributed by atoms with Crippen molar-refractivity contribution in [2.45, 2.75) is 44.7 Å². The maximum atomic E-state index is 6.38. The summed E-state index contributed by atoms with van der Waals surface area (Å²) in [5.74, 6) is 0. The molecule has 0 spiro atoms. The molecule has 21 heavy (non-hydrogen) atoms. The summed E-state index contributed by atoms with van der Waals surface area (Å²) in [5, 5.41) is 7.46. The lowest BCUT2D eigenvalue weighted by atomic mass is 9.92. The van der Waals surface area contributed by atoms with Crippen LogP contribution in [0.1, 0.15) is 54.3 Å². The molecule has 0 radical (unpaired) electrons. The van der Waals surface area contributed by atoms with Crippen molar-refractivity contribution in [2.75, 3.05) is 0 Å². The first kappa shape index (κ1) is 15.4. The monoisotopic (exact) mass is 339 g/mol. The van der Waals surface area contributed by atoms with Crippen molar-refractivity contribution in [1.29, 1.82) is 0 Å². The molecule has 3 rings (SSSR count). The largest absolute Gasteiger partial charge is 0.303 e. The second kappa shape index (κ2) is 6.70. The molecule has 1 aliphatic carbocycles. The maximum absolute atomic E-state index is 6.38. The van der Waals surface area contributed by atoms with E-state index >= 15 is 0 Å². The lowest BCUT2D eigenvalue weighted by Crippen LogP contribution is -2.28. The fraction of sp³-hybridized carbons (Fsp3) is 0.412. The van der Waals surface area contributed by atoms with E-state index in [9.17, 15) is 0 Å². The van der Waals surface area contributed by atoms with Crippen molar-refractivity contribution in [3.05, 3.63) is 55.7 Å². The van der Waals surface area contributed by atoms with Crippen LogP contribution in [0.3, 0.4) is 0 Å². The molecule has 4 heteroatoms. The Morgan fingerprint density at radius 3 is 2.95 bits per heavy atom. The molecule has 1 nitrogen and oxygen atoms in total. The van der Waals surface area contributed by atoms with E-state index in [4.69, 9.17) is 23.2 Å². The van der Waals surface area contributed by atoms with Gasteiger partial charge in [-0.25, -0.2) is 0 Å². The summed E-state index contributed by atoms with van der Waals surface area (Å²) in [6.45, 7) is 2.19. The van der Waals surface area contributed by atoms with E-state index in [2.05, 4.69) is 23.7 Å². The summed E-state index contributed by atoms with van der Waals surface area (Å²) >= 11 is 14.3. The number of fused-ring (bicyclic) bond motifs is 1. The Kier molecular flexibility index (Phi) is 4.90. The van der Waals surface area contributed by atoms with Crippen LogP contribution in [0.2, 0.25) is 10.0 Å². The SMILES string of the molecule is CCC(NC1CCCc2sccc21)c1ccc(Cl)cc1Cl. The van der Waals surface area contributed by atoms with Gasteiger partial charge in [-0.15, -0.1) is 11.3 Å². The van der Waals surface area contributed by atoms with Crippen molar-refractivity contribution in [3.8, 4) is 0 Å². The highest BCUT2D eigenvalue weighted by Crippen LogP contribution is 2.36. The summed E-state index contributed by atoms with van der Waals surface area (Å²) in [7, 11) is 0. The molecule has 2 unspecified atom stereocenters. The maximum Gasteiger partial charge on any atom is 0.0468 e. The molecular weight excluding hydrogens is 321 g/mol. The smallest absolute Gasteiger partial charge is 0.0468 e. The lowest BCUT2D eigenvalue weighted by Gasteiger charge is -2.29. The molecule has 2 aromatic rings. The number of hydrogen-bond acceptors (Lipinski definition) is 2. The minimum atomic E-state index is 0.269. The second-order valence-corrected chi connectivity index (χ2v) is 7.38. The number of benzene rings is 1. The molecule has 0 amide bonds. The molecule has 0 saturated carbocycles. The predicted molar refractivity (Wildman–Crippen MR) is 92.6 cm³/mol. The number of halogens is 2. The van der Waals surface area contributed by atoms with E-state index < -0.39 is 0 Å². The lowest BCUT2D eigenvalue weighted by molar-refractivity contribution is 0.396. The Labute approximate surface area is 140 Å². The topological polar surface area (TPSA) is 12.0 Å². The Hall–Kier alpha value is -0.540. The van der Waals surface area contributed by atoms with Gasteiger partial charge >= 0.3 is 0 Å². The number of aryl methyl sites for hydroxylation is 1. The van der Waals surface area contributed by atoms with Crippen LogP contribution in [-0.2, 0) is 6.42 Å². The van der Waals surface area contributed by atoms with Gasteiger partial charge in [-0.1, -0.05) is 36.2 Å². The van der Waals surface area contributed by atoms with Crippen LogP contribution < -0.4 is 5.32 Å². The molecule has 1 N–H and O–H groups in total. The third-order valence-corrected chi connectivity index (χ3v) is 5.76. The molecule has 1 aromatic carbocycles. The van der Waals surface area contributed by atoms with Crippen LogP contribution in [0.4, 0.5) is 0 Å². The summed E-state index contributed by atoms with van der Waals surface area (Å²) in [5.41, 5.74) is 2.63. The van der Waals surface area contributed by atoms with Gasteiger partial charge in [0.05, 0.1) is 0 Å². The van der Waals surface area contributed by atoms with Gasteiger partial charge in [0.2, 0.25) is 0 Å². The molecule has 0 saturated heterocycles. The van der Waals surface area contributed by atoms with Gasteiger partial charge in [0.15, 0.2) is 0 Å². The molecule has 0 aliphatic heterocycles. The Bertz CT molecular complexity index is 623. The van der Waals surface area contributed by atoms with E-state index in [1.165, 1.54) is 29.7 Å². The van der Waals surface area contributed by atoms with Gasteiger partial charge in [0.25, 0.3) is 0 Å². The normalized spacial score (nSPS) is 19.3. The summed E-state index contributed by atoms with van der Waals surface area (Å²) < 4.78 is 0. The van der Waals surface area contributed by atoms with Gasteiger partial charge in [-0.05, 0) is 60.4 Å². The zero-order valence-corrected chi connectivity index (χ0v) is 14.4. The van der Waals surface area contributed by atoms with Crippen molar-refractivity contribution in [1.82, 2.24) is 5.32 Å². The van der Waals surface area contributed by atoms with Crippen LogP contribution in [0.15, 0.2) is 29.6 Å². The van der Waals surface area contributed by atoms with Crippen molar-refractivity contribution < 1.29 is 0 Å². The van der Waals surface area contributed by atoms with Gasteiger partial charge < -0.3 is 5.32 Å². The Morgan fingerprint density at radius 2 is 2.19 bits per heavy atom. The average molecular weight is 340 g/mol. The summed E-state index contributed by atoms with van der Waals surface area (Å²) in [6.07, 6.45) is 4.70. The Balaban J connectivity index is 1.83. The van der Waals surface area contributed by atoms with Gasteiger partial charge in [0, 0.05) is 27.0 Å². The number of thiophene rings is 1. The first-order chi connectivity index (χ1) is 10.2. The molecule has 2 atom stereocenters. The first-order valence-electron chi connectivity index (χ1n) is 7.46. The van der Waals surface area contributed by atoms with Crippen LogP contribution in [0.5, 0.6) is 0 Å². The fourth-order valence-corrected chi connectivity index (χ4v) is 4.64. The molecule has 0 fully saturated rings. The molecule has 1 aromatic heterocycles. The summed E-state index contributed by atoms with van der Waals surface area (Å²) in [6, 6.07) is 8.78. The van der Waals surface area contributed by atoms with Crippen LogP contribution >= 0.6 is 34.5 Å². The van der Waals surface area contributed by atoms with Crippen molar-refractivity contribution >= 4 is 34.5 Å². The zero-order chi connectivity index (χ0) is 14.8. The quantitative estimate of drug-likeness (QED) is 0.701. The standard InChI is InChI=1S/C17H19Cl2NS/c1-2-15(12-7-6-11(18)10-14(12)19)20-16-4-3-5-17-13(16)8-9-21-17/h6-10,15-16,20H,2-5H2,1H3. The summed E-state index contributed by atoms with van der Waals surface area (Å²) in [4.78, 5) is 1.54. The Morgan fingerprint density at radius 1 is 1.33 bits per heavy atom. The number of nitrogens with one attached hydrogen (secondary N) is 1. The first-order valence-corrected chi connectivity index (χ1v) is 9.10. The van der Waals surface area contributed by atoms with E-state index in [-0.39, 0.29) is 6.04 Å². The molecule has 112 valence electrons. The average Bonchev–Trinajstić information content (AvgIpc) is 2.94. The minimum absolute atomic E-state index is 0.269. The van der Waals surface area contributed by atoms with Crippen LogP contribution in [-0.4, -0.2) is 0 Å². The molecule has 1 aliphatic rings. The number of hydrogen-bond donors (Lipinski definition) is 1. The number of rotatable bonds is 4. The van der Waals surface area contributed by atoms with E-state index in [1.54, 1.807) is 0 Å². The third kappa shape index (κ3) is 3.29. The van der Waals surface area contributed by atoms with Gasteiger partial charge in [-0.2, -0.15) is 0 Å². The zero-order valence-electron chi connectivity index (χ0n) is 12.0. The highest BCUT2D eigenvalue weighted by Gasteiger charge is 2.24. The van der Waals surface area contributed by atoms with E-state index in [0.29, 0.717) is 11.1 Å². The van der Waals surface area contributed by atoms with Gasteiger partial charge in [0.1, 0.15) is 0 Å². The molecule has 1 heterocycles. The molecule has 0 bridgehead atoms. The van der Waals surface area contributed by atoms with Crippen molar-refractivity contribution in [2.24, 2.45) is 0 Å². The highest BCUT2D eigenvalue weighted by atomic mass is 35.5. The molecular formula is C17H19Cl2NS. The van der Waals surface area contributed by atoms with E-state index in [1.807, 2.05) is 29.5 Å². The van der Waals surface area contributed by atoms with E-state index in [0.717, 1.165) is 17.0 Å². The fourth-order valence-electron chi connectivity index (χ4n) is 3.11. The van der Waals surface area contributed by atoms with Crippen LogP contribution in [0, 0.1) is 0 Å². The minimum Gasteiger partial charge on any atom is -0.303 e. The van der Waals surface area contributed by atoms with Gasteiger partial charge in [-0.3, -0.25) is 0 Å². The second-order valence-electron chi connectivity index (χ2n) is 5.54. The van der Waals surface area contributed by atoms with Crippen LogP contribution in [0.25, 0.3) is 0 Å². The highest BCUT2D eigenvalue weighted by molar-refractivity contribution is 7.10. The predicted octanol–water partition coefficient (Wildman–Crippen LogP) is 6.17.